The Kier molecular flexibility index (Phi) is 26.4. The molecular weight excluding hydrogens is 1460 g/mol. The Morgan fingerprint density at radius 2 is 0.971 bits per heavy atom. The number of carbonyl (C=O) groups is 8. The molecule has 0 unspecified atom stereocenters. The molecule has 103 heavy (non-hydrogen) atoms. The maximum Gasteiger partial charge on any atom is 0.488 e. The van der Waals surface area contributed by atoms with Gasteiger partial charge in [0.05, 0.1) is 47.7 Å². The summed E-state index contributed by atoms with van der Waals surface area (Å²) in [5.41, 5.74) is -3.53. The van der Waals surface area contributed by atoms with Gasteiger partial charge in [0.1, 0.15) is 50.9 Å². The quantitative estimate of drug-likeness (QED) is 0.0197. The second-order valence-electron chi connectivity index (χ2n) is 29.9. The van der Waals surface area contributed by atoms with E-state index in [9.17, 15) is 47.9 Å². The van der Waals surface area contributed by atoms with E-state index in [-0.39, 0.29) is 61.0 Å². The molecule has 0 spiro atoms. The summed E-state index contributed by atoms with van der Waals surface area (Å²) in [5, 5.41) is 37.1. The minimum Gasteiger partial charge on any atom is -0.464 e. The monoisotopic (exact) mass is 1550 g/mol. The fraction of sp³-hybridized carbons (Fsp3) is 0.486. The van der Waals surface area contributed by atoms with Gasteiger partial charge in [-0.2, -0.15) is 10.2 Å². The summed E-state index contributed by atoms with van der Waals surface area (Å²) in [6, 6.07) is 21.6. The summed E-state index contributed by atoms with van der Waals surface area (Å²) in [5.74, 6) is -4.10. The van der Waals surface area contributed by atoms with E-state index >= 15 is 0 Å². The van der Waals surface area contributed by atoms with Crippen LogP contribution in [0.1, 0.15) is 135 Å². The lowest BCUT2D eigenvalue weighted by Crippen LogP contribution is -2.59. The second-order valence-corrected chi connectivity index (χ2v) is 31.5. The number of hydrogen-bond acceptors (Lipinski definition) is 18. The first-order chi connectivity index (χ1) is 48.2. The first-order valence-corrected chi connectivity index (χ1v) is 35.7. The molecule has 5 aromatic rings. The molecule has 0 radical (unpaired) electrons. The van der Waals surface area contributed by atoms with E-state index in [0.29, 0.717) is 39.5 Å². The molecule has 554 valence electrons. The fourth-order valence-corrected chi connectivity index (χ4v) is 12.9. The number of alkyl carbamates (subject to hydrolysis) is 2. The Balaban J connectivity index is 0.000000261. The molecule has 2 saturated carbocycles. The predicted octanol–water partition coefficient (Wildman–Crippen LogP) is 8.12. The smallest absolute Gasteiger partial charge is 0.464 e. The predicted molar refractivity (Wildman–Crippen MR) is 395 cm³/mol. The summed E-state index contributed by atoms with van der Waals surface area (Å²) in [7, 11) is -1.34. The molecule has 2 aliphatic heterocycles. The molecule has 0 bridgehead atoms. The largest absolute Gasteiger partial charge is 0.488 e. The Morgan fingerprint density at radius 3 is 1.32 bits per heavy atom. The number of benzene rings is 3. The summed E-state index contributed by atoms with van der Waals surface area (Å²) in [4.78, 5) is 139. The van der Waals surface area contributed by atoms with Gasteiger partial charge in [0.2, 0.25) is 23.6 Å². The standard InChI is InChI=1S/C40H49N5O7.C28H39Br2N5O7.C6H7BO2/c1-9-27-22-40(27,36(49)51-10-2)43-33(46)30-21-28(24-44(30)35(48)32(38(3,4)5)42-37(50)52-39(6,7)8)45-34(47)31(26-19-15-12-16-20-26)29(23-41-45)25-17-13-11-14-18-25;1-9-15-12-28(15,24(39)41-10-2)33-21(36)18-11-16(35-22(37)19(30)17(29)13-31-35)14-34(18)23(38)20(26(3,4)5)32-25(40)42-27(6,7)8;8-7(9)6-4-2-1-3-5-6/h9,11-20,23,27-28,30,32H,1,10,21-22,24H2,2-8H3,(H,42,50)(H,43,46);9,13,15-16,18,20H,1,10-12,14H2,2-8H3,(H,32,40)(H,33,36);1-5,8-9H/t27-,28-,30+,32-,40-;15-,16-,18+,20-,28-;/m11./s1. The van der Waals surface area contributed by atoms with Crippen LogP contribution in [0.25, 0.3) is 22.3 Å². The van der Waals surface area contributed by atoms with Crippen molar-refractivity contribution in [3.63, 3.8) is 0 Å². The first kappa shape index (κ1) is 81.5. The summed E-state index contributed by atoms with van der Waals surface area (Å²) >= 11 is 6.52. The van der Waals surface area contributed by atoms with Crippen molar-refractivity contribution in [2.75, 3.05) is 26.3 Å². The average Bonchev–Trinajstić information content (AvgIpc) is 1.59. The Bertz CT molecular complexity index is 4060. The van der Waals surface area contributed by atoms with Crippen LogP contribution in [-0.2, 0) is 47.7 Å². The molecule has 4 heterocycles. The molecular formula is C74H95BBr2N10O16. The van der Waals surface area contributed by atoms with Crippen LogP contribution in [0.4, 0.5) is 9.59 Å². The van der Waals surface area contributed by atoms with Crippen LogP contribution >= 0.6 is 31.9 Å². The van der Waals surface area contributed by atoms with E-state index in [2.05, 4.69) is 76.5 Å². The highest BCUT2D eigenvalue weighted by atomic mass is 79.9. The third-order valence-electron chi connectivity index (χ3n) is 17.7. The molecule has 4 fully saturated rings. The number of rotatable bonds is 19. The van der Waals surface area contributed by atoms with Crippen molar-refractivity contribution in [2.45, 2.75) is 181 Å². The lowest BCUT2D eigenvalue weighted by atomic mass is 9.81. The van der Waals surface area contributed by atoms with Crippen molar-refractivity contribution in [3.05, 3.63) is 158 Å². The van der Waals surface area contributed by atoms with Crippen molar-refractivity contribution >= 4 is 92.2 Å². The zero-order valence-corrected chi connectivity index (χ0v) is 64.0. The molecule has 29 heteroatoms. The third kappa shape index (κ3) is 19.9. The third-order valence-corrected chi connectivity index (χ3v) is 19.6. The lowest BCUT2D eigenvalue weighted by Gasteiger charge is -2.36. The van der Waals surface area contributed by atoms with E-state index in [1.165, 1.54) is 25.4 Å². The molecule has 26 nitrogen and oxygen atoms in total. The molecule has 3 aromatic carbocycles. The van der Waals surface area contributed by atoms with E-state index in [1.54, 1.807) is 140 Å². The number of hydrogen-bond donors (Lipinski definition) is 6. The minimum atomic E-state index is -1.34. The molecule has 6 amide bonds. The Labute approximate surface area is 617 Å². The van der Waals surface area contributed by atoms with E-state index in [4.69, 9.17) is 29.0 Å². The molecule has 9 rings (SSSR count). The van der Waals surface area contributed by atoms with Crippen molar-refractivity contribution in [1.29, 1.82) is 0 Å². The van der Waals surface area contributed by atoms with Gasteiger partial charge in [-0.15, -0.1) is 13.2 Å². The van der Waals surface area contributed by atoms with Crippen molar-refractivity contribution in [1.82, 2.24) is 50.6 Å². The van der Waals surface area contributed by atoms with Crippen LogP contribution in [0.3, 0.4) is 0 Å². The zero-order valence-electron chi connectivity index (χ0n) is 60.8. The average molecular weight is 1550 g/mol. The number of esters is 2. The number of nitrogens with zero attached hydrogens (tertiary/aromatic N) is 6. The van der Waals surface area contributed by atoms with Crippen LogP contribution in [0.15, 0.2) is 147 Å². The zero-order chi connectivity index (χ0) is 76.5. The van der Waals surface area contributed by atoms with Crippen LogP contribution in [0, 0.1) is 22.7 Å². The van der Waals surface area contributed by atoms with Gasteiger partial charge in [-0.3, -0.25) is 28.8 Å². The number of halogens is 2. The fourth-order valence-electron chi connectivity index (χ4n) is 12.3. The van der Waals surface area contributed by atoms with Gasteiger partial charge in [-0.05, 0) is 128 Å². The summed E-state index contributed by atoms with van der Waals surface area (Å²) in [6.07, 6.45) is 5.38. The van der Waals surface area contributed by atoms with Crippen molar-refractivity contribution in [3.8, 4) is 22.3 Å². The highest BCUT2D eigenvalue weighted by Crippen LogP contribution is 2.47. The SMILES string of the molecule is C=C[C@@H]1C[C@]1(NC(=O)[C@@H]1C[C@@H](n2ncc(-c3ccccc3)c(-c3ccccc3)c2=O)CN1C(=O)[C@@H](NC(=O)OC(C)(C)C)C(C)(C)C)C(=O)OCC.C=C[C@@H]1C[C@]1(NC(=O)[C@@H]1C[C@@H](n2ncc(Br)c(Br)c2=O)CN1C(=O)[C@@H](NC(=O)OC(C)(C)C)C(C)(C)C)C(=O)OCC.OB(O)c1ccccc1. The normalized spacial score (nSPS) is 21.8. The molecule has 10 atom stereocenters. The number of nitrogens with one attached hydrogen (secondary N) is 4. The number of likely N-dealkylation sites (tertiary alicyclic amines) is 2. The highest BCUT2D eigenvalue weighted by molar-refractivity contribution is 9.13. The van der Waals surface area contributed by atoms with Gasteiger partial charge in [-0.25, -0.2) is 28.5 Å². The van der Waals surface area contributed by atoms with E-state index < -0.39 is 130 Å². The van der Waals surface area contributed by atoms with Gasteiger partial charge < -0.3 is 60.1 Å². The molecule has 4 aliphatic rings. The second kappa shape index (κ2) is 33.3. The van der Waals surface area contributed by atoms with Crippen LogP contribution in [0.2, 0.25) is 0 Å². The summed E-state index contributed by atoms with van der Waals surface area (Å²) in [6.45, 7) is 32.1. The van der Waals surface area contributed by atoms with Gasteiger partial charge >= 0.3 is 31.2 Å². The van der Waals surface area contributed by atoms with Crippen molar-refractivity contribution in [2.24, 2.45) is 22.7 Å². The van der Waals surface area contributed by atoms with Crippen LogP contribution in [-0.4, -0.2) is 167 Å². The van der Waals surface area contributed by atoms with E-state index in [0.717, 1.165) is 5.56 Å². The maximum absolute atomic E-state index is 14.6. The minimum absolute atomic E-state index is 0.0182. The number of carbonyl (C=O) groups excluding carboxylic acids is 8. The Morgan fingerprint density at radius 1 is 0.592 bits per heavy atom. The molecule has 6 N–H and O–H groups in total. The Hall–Kier alpha value is -8.80. The first-order valence-electron chi connectivity index (χ1n) is 34.1. The van der Waals surface area contributed by atoms with E-state index in [1.807, 2.05) is 66.7 Å². The maximum atomic E-state index is 14.6. The van der Waals surface area contributed by atoms with Gasteiger partial charge in [0.25, 0.3) is 11.1 Å². The topological polar surface area (TPSA) is 338 Å². The number of amides is 6. The van der Waals surface area contributed by atoms with Gasteiger partial charge in [0.15, 0.2) is 0 Å². The summed E-state index contributed by atoms with van der Waals surface area (Å²) < 4.78 is 24.7. The van der Waals surface area contributed by atoms with Gasteiger partial charge in [-0.1, -0.05) is 145 Å². The van der Waals surface area contributed by atoms with Crippen LogP contribution in [0.5, 0.6) is 0 Å². The molecule has 2 aliphatic carbocycles. The highest BCUT2D eigenvalue weighted by Gasteiger charge is 2.63. The van der Waals surface area contributed by atoms with Crippen LogP contribution < -0.4 is 37.8 Å². The van der Waals surface area contributed by atoms with Gasteiger partial charge in [0, 0.05) is 43.3 Å². The number of aromatic nitrogens is 4. The molecule has 2 saturated heterocycles. The number of ether oxygens (including phenoxy) is 4. The van der Waals surface area contributed by atoms with Crippen molar-refractivity contribution < 1.29 is 67.4 Å². The molecule has 2 aromatic heterocycles. The lowest BCUT2D eigenvalue weighted by molar-refractivity contribution is -0.150.